The summed E-state index contributed by atoms with van der Waals surface area (Å²) in [6.45, 7) is 3.88. The molecule has 0 aromatic heterocycles. The summed E-state index contributed by atoms with van der Waals surface area (Å²) in [6.07, 6.45) is 6.01. The summed E-state index contributed by atoms with van der Waals surface area (Å²) in [4.78, 5) is 15.1. The Kier molecular flexibility index (Phi) is 5.52. The first-order chi connectivity index (χ1) is 12.0. The van der Waals surface area contributed by atoms with Crippen LogP contribution in [0.4, 0.5) is 5.69 Å². The Bertz CT molecular complexity index is 594. The van der Waals surface area contributed by atoms with E-state index in [0.717, 1.165) is 63.1 Å². The van der Waals surface area contributed by atoms with Crippen LogP contribution in [0.2, 0.25) is 0 Å². The molecule has 1 saturated carbocycles. The normalized spacial score (nSPS) is 27.8. The number of methoxy groups -OCH3 is 1. The van der Waals surface area contributed by atoms with E-state index in [1.165, 1.54) is 0 Å². The molecule has 0 bridgehead atoms. The standard InChI is InChI=1S/C20H31N3O2/c1-20(21)12-6-5-7-16(20)19(24)22-15-10-13-23(14-11-15)17-8-3-4-9-18(17)25-2/h3-4,8-9,15-16H,5-7,10-14,21H2,1-2H3,(H,22,24). The number of carbonyl (C=O) groups is 1. The second-order valence-corrected chi connectivity index (χ2v) is 7.75. The Morgan fingerprint density at radius 1 is 1.24 bits per heavy atom. The van der Waals surface area contributed by atoms with Gasteiger partial charge in [0.15, 0.2) is 0 Å². The average Bonchev–Trinajstić information content (AvgIpc) is 2.62. The molecule has 0 spiro atoms. The van der Waals surface area contributed by atoms with E-state index in [9.17, 15) is 4.79 Å². The van der Waals surface area contributed by atoms with Crippen LogP contribution in [0.5, 0.6) is 5.75 Å². The van der Waals surface area contributed by atoms with Crippen molar-refractivity contribution in [1.82, 2.24) is 5.32 Å². The molecule has 3 rings (SSSR count). The van der Waals surface area contributed by atoms with Crippen LogP contribution in [-0.2, 0) is 4.79 Å². The zero-order valence-electron chi connectivity index (χ0n) is 15.5. The minimum atomic E-state index is -0.361. The van der Waals surface area contributed by atoms with Gasteiger partial charge < -0.3 is 20.7 Å². The fraction of sp³-hybridized carbons (Fsp3) is 0.650. The van der Waals surface area contributed by atoms with E-state index in [1.54, 1.807) is 7.11 Å². The van der Waals surface area contributed by atoms with Crippen LogP contribution < -0.4 is 20.7 Å². The number of nitrogens with two attached hydrogens (primary N) is 1. The number of carbonyl (C=O) groups excluding carboxylic acids is 1. The van der Waals surface area contributed by atoms with Gasteiger partial charge in [-0.15, -0.1) is 0 Å². The fourth-order valence-corrected chi connectivity index (χ4v) is 4.25. The predicted molar refractivity (Wildman–Crippen MR) is 101 cm³/mol. The smallest absolute Gasteiger partial charge is 0.225 e. The molecule has 0 radical (unpaired) electrons. The van der Waals surface area contributed by atoms with E-state index < -0.39 is 0 Å². The number of nitrogens with zero attached hydrogens (tertiary/aromatic N) is 1. The lowest BCUT2D eigenvalue weighted by Gasteiger charge is -2.39. The van der Waals surface area contributed by atoms with E-state index >= 15 is 0 Å². The van der Waals surface area contributed by atoms with E-state index in [-0.39, 0.29) is 23.4 Å². The number of anilines is 1. The summed E-state index contributed by atoms with van der Waals surface area (Å²) in [5.41, 5.74) is 7.15. The van der Waals surface area contributed by atoms with Crippen molar-refractivity contribution in [1.29, 1.82) is 0 Å². The lowest BCUT2D eigenvalue weighted by molar-refractivity contribution is -0.129. The Hall–Kier alpha value is -1.75. The van der Waals surface area contributed by atoms with Crippen LogP contribution >= 0.6 is 0 Å². The van der Waals surface area contributed by atoms with Gasteiger partial charge in [-0.1, -0.05) is 25.0 Å². The number of piperidine rings is 1. The Balaban J connectivity index is 1.55. The maximum Gasteiger partial charge on any atom is 0.225 e. The van der Waals surface area contributed by atoms with Gasteiger partial charge in [0, 0.05) is 24.7 Å². The first-order valence-corrected chi connectivity index (χ1v) is 9.48. The number of hydrogen-bond donors (Lipinski definition) is 2. The summed E-state index contributed by atoms with van der Waals surface area (Å²) in [7, 11) is 1.71. The molecule has 5 nitrogen and oxygen atoms in total. The largest absolute Gasteiger partial charge is 0.495 e. The molecule has 1 heterocycles. The van der Waals surface area contributed by atoms with Crippen LogP contribution in [0.3, 0.4) is 0 Å². The molecule has 1 amide bonds. The molecule has 1 aromatic carbocycles. The first kappa shape index (κ1) is 18.1. The van der Waals surface area contributed by atoms with Gasteiger partial charge in [0.1, 0.15) is 5.75 Å². The second-order valence-electron chi connectivity index (χ2n) is 7.75. The summed E-state index contributed by atoms with van der Waals surface area (Å²) < 4.78 is 5.47. The Labute approximate surface area is 150 Å². The highest BCUT2D eigenvalue weighted by Gasteiger charge is 2.38. The third-order valence-electron chi connectivity index (χ3n) is 5.84. The molecular weight excluding hydrogens is 314 g/mol. The van der Waals surface area contributed by atoms with Crippen molar-refractivity contribution in [2.24, 2.45) is 11.7 Å². The molecule has 1 saturated heterocycles. The number of rotatable bonds is 4. The zero-order chi connectivity index (χ0) is 17.9. The SMILES string of the molecule is COc1ccccc1N1CCC(NC(=O)C2CCCCC2(C)N)CC1. The number of benzene rings is 1. The molecule has 138 valence electrons. The van der Waals surface area contributed by atoms with Gasteiger partial charge in [0.2, 0.25) is 5.91 Å². The summed E-state index contributed by atoms with van der Waals surface area (Å²) in [5, 5.41) is 3.27. The van der Waals surface area contributed by atoms with Crippen molar-refractivity contribution in [3.05, 3.63) is 24.3 Å². The number of para-hydroxylation sites is 2. The third-order valence-corrected chi connectivity index (χ3v) is 5.84. The van der Waals surface area contributed by atoms with Crippen LogP contribution in [0.15, 0.2) is 24.3 Å². The van der Waals surface area contributed by atoms with Crippen LogP contribution in [-0.4, -0.2) is 37.7 Å². The topological polar surface area (TPSA) is 67.6 Å². The highest BCUT2D eigenvalue weighted by molar-refractivity contribution is 5.80. The van der Waals surface area contributed by atoms with Gasteiger partial charge in [-0.05, 0) is 44.7 Å². The van der Waals surface area contributed by atoms with E-state index in [1.807, 2.05) is 25.1 Å². The summed E-state index contributed by atoms with van der Waals surface area (Å²) in [6, 6.07) is 8.37. The van der Waals surface area contributed by atoms with Crippen LogP contribution in [0.1, 0.15) is 45.4 Å². The number of nitrogens with one attached hydrogen (secondary N) is 1. The van der Waals surface area contributed by atoms with Crippen molar-refractivity contribution in [2.45, 2.75) is 57.0 Å². The molecule has 2 unspecified atom stereocenters. The molecule has 1 aliphatic heterocycles. The monoisotopic (exact) mass is 345 g/mol. The molecule has 25 heavy (non-hydrogen) atoms. The van der Waals surface area contributed by atoms with Gasteiger partial charge in [-0.3, -0.25) is 4.79 Å². The number of ether oxygens (including phenoxy) is 1. The second kappa shape index (κ2) is 7.65. The zero-order valence-corrected chi connectivity index (χ0v) is 15.5. The molecule has 5 heteroatoms. The van der Waals surface area contributed by atoms with Crippen LogP contribution in [0, 0.1) is 5.92 Å². The van der Waals surface area contributed by atoms with Crippen molar-refractivity contribution in [3.8, 4) is 5.75 Å². The van der Waals surface area contributed by atoms with Crippen LogP contribution in [0.25, 0.3) is 0 Å². The third kappa shape index (κ3) is 4.09. The van der Waals surface area contributed by atoms with Gasteiger partial charge >= 0.3 is 0 Å². The van der Waals surface area contributed by atoms with Gasteiger partial charge in [-0.25, -0.2) is 0 Å². The molecule has 2 atom stereocenters. The van der Waals surface area contributed by atoms with E-state index in [0.29, 0.717) is 0 Å². The lowest BCUT2D eigenvalue weighted by Crippen LogP contribution is -2.55. The van der Waals surface area contributed by atoms with Gasteiger partial charge in [-0.2, -0.15) is 0 Å². The number of hydrogen-bond acceptors (Lipinski definition) is 4. The first-order valence-electron chi connectivity index (χ1n) is 9.48. The fourth-order valence-electron chi connectivity index (χ4n) is 4.25. The molecule has 1 aliphatic carbocycles. The summed E-state index contributed by atoms with van der Waals surface area (Å²) >= 11 is 0. The van der Waals surface area contributed by atoms with E-state index in [2.05, 4.69) is 16.3 Å². The minimum absolute atomic E-state index is 0.0477. The lowest BCUT2D eigenvalue weighted by atomic mass is 9.74. The maximum atomic E-state index is 12.7. The van der Waals surface area contributed by atoms with E-state index in [4.69, 9.17) is 10.5 Å². The van der Waals surface area contributed by atoms with Crippen molar-refractivity contribution in [2.75, 3.05) is 25.1 Å². The minimum Gasteiger partial charge on any atom is -0.495 e. The van der Waals surface area contributed by atoms with Gasteiger partial charge in [0.25, 0.3) is 0 Å². The highest BCUT2D eigenvalue weighted by atomic mass is 16.5. The van der Waals surface area contributed by atoms with Crippen molar-refractivity contribution in [3.63, 3.8) is 0 Å². The van der Waals surface area contributed by atoms with Gasteiger partial charge in [0.05, 0.1) is 18.7 Å². The molecule has 2 aliphatic rings. The molecule has 1 aromatic rings. The highest BCUT2D eigenvalue weighted by Crippen LogP contribution is 2.33. The molecular formula is C20H31N3O2. The van der Waals surface area contributed by atoms with Crippen molar-refractivity contribution >= 4 is 11.6 Å². The average molecular weight is 345 g/mol. The Morgan fingerprint density at radius 3 is 2.64 bits per heavy atom. The maximum absolute atomic E-state index is 12.7. The Morgan fingerprint density at radius 2 is 1.96 bits per heavy atom. The van der Waals surface area contributed by atoms with Crippen molar-refractivity contribution < 1.29 is 9.53 Å². The quantitative estimate of drug-likeness (QED) is 0.880. The molecule has 3 N–H and O–H groups in total. The number of amides is 1. The predicted octanol–water partition coefficient (Wildman–Crippen LogP) is 2.69. The molecule has 2 fully saturated rings. The summed E-state index contributed by atoms with van der Waals surface area (Å²) in [5.74, 6) is 1.01.